The molecule has 0 radical (unpaired) electrons. The molecule has 0 aromatic heterocycles. The molecule has 72 valence electrons. The Morgan fingerprint density at radius 2 is 1.92 bits per heavy atom. The van der Waals surface area contributed by atoms with Crippen LogP contribution in [0.15, 0.2) is 0 Å². The predicted octanol–water partition coefficient (Wildman–Crippen LogP) is 1.02. The lowest BCUT2D eigenvalue weighted by atomic mass is 9.99. The Morgan fingerprint density at radius 3 is 2.00 bits per heavy atom. The second-order valence-corrected chi connectivity index (χ2v) is 2.34. The molecule has 0 aromatic carbocycles. The first-order chi connectivity index (χ1) is 5.30. The highest BCUT2D eigenvalue weighted by atomic mass is 19.4. The molecule has 3 nitrogen and oxygen atoms in total. The van der Waals surface area contributed by atoms with Gasteiger partial charge in [0.25, 0.3) is 0 Å². The van der Waals surface area contributed by atoms with Crippen LogP contribution in [0.4, 0.5) is 13.2 Å². The van der Waals surface area contributed by atoms with Crippen molar-refractivity contribution in [2.24, 2.45) is 5.92 Å². The summed E-state index contributed by atoms with van der Waals surface area (Å²) >= 11 is 0. The van der Waals surface area contributed by atoms with Crippen LogP contribution < -0.4 is 0 Å². The largest absolute Gasteiger partial charge is 0.481 e. The van der Waals surface area contributed by atoms with E-state index in [1.807, 2.05) is 0 Å². The number of rotatable bonds is 3. The van der Waals surface area contributed by atoms with Crippen LogP contribution in [0.1, 0.15) is 13.3 Å². The van der Waals surface area contributed by atoms with Gasteiger partial charge in [0.1, 0.15) is 0 Å². The SMILES string of the molecule is CC[C@H](C(=O)O)[C@@H](O)C(F)(F)F. The molecule has 2 atom stereocenters. The first-order valence-electron chi connectivity index (χ1n) is 3.28. The summed E-state index contributed by atoms with van der Waals surface area (Å²) in [4.78, 5) is 10.2. The number of carbonyl (C=O) groups is 1. The van der Waals surface area contributed by atoms with Crippen molar-refractivity contribution in [3.05, 3.63) is 0 Å². The van der Waals surface area contributed by atoms with Crippen molar-refractivity contribution < 1.29 is 28.2 Å². The van der Waals surface area contributed by atoms with Crippen LogP contribution in [-0.4, -0.2) is 28.5 Å². The lowest BCUT2D eigenvalue weighted by Crippen LogP contribution is -2.39. The van der Waals surface area contributed by atoms with Crippen LogP contribution in [0, 0.1) is 5.92 Å². The zero-order chi connectivity index (χ0) is 9.94. The zero-order valence-corrected chi connectivity index (χ0v) is 6.30. The summed E-state index contributed by atoms with van der Waals surface area (Å²) in [5.74, 6) is -3.41. The fourth-order valence-corrected chi connectivity index (χ4v) is 0.761. The van der Waals surface area contributed by atoms with Crippen LogP contribution in [0.2, 0.25) is 0 Å². The maximum absolute atomic E-state index is 11.7. The topological polar surface area (TPSA) is 57.5 Å². The highest BCUT2D eigenvalue weighted by molar-refractivity contribution is 5.70. The summed E-state index contributed by atoms with van der Waals surface area (Å²) in [5, 5.41) is 16.8. The number of hydrogen-bond acceptors (Lipinski definition) is 2. The van der Waals surface area contributed by atoms with E-state index in [-0.39, 0.29) is 6.42 Å². The number of aliphatic hydroxyl groups excluding tert-OH is 1. The van der Waals surface area contributed by atoms with Gasteiger partial charge in [-0.3, -0.25) is 4.79 Å². The molecule has 0 amide bonds. The molecule has 0 aliphatic carbocycles. The van der Waals surface area contributed by atoms with Crippen LogP contribution >= 0.6 is 0 Å². The summed E-state index contributed by atoms with van der Waals surface area (Å²) in [6.45, 7) is 1.27. The molecule has 0 aliphatic rings. The number of carboxylic acids is 1. The molecule has 0 fully saturated rings. The second kappa shape index (κ2) is 3.75. The van der Waals surface area contributed by atoms with Crippen LogP contribution in [0.25, 0.3) is 0 Å². The molecular formula is C6H9F3O3. The fourth-order valence-electron chi connectivity index (χ4n) is 0.761. The number of hydrogen-bond donors (Lipinski definition) is 2. The number of aliphatic hydroxyl groups is 1. The van der Waals surface area contributed by atoms with Gasteiger partial charge in [0.15, 0.2) is 6.10 Å². The van der Waals surface area contributed by atoms with Crippen LogP contribution in [0.3, 0.4) is 0 Å². The average molecular weight is 186 g/mol. The van der Waals surface area contributed by atoms with Crippen molar-refractivity contribution in [3.8, 4) is 0 Å². The lowest BCUT2D eigenvalue weighted by Gasteiger charge is -2.19. The van der Waals surface area contributed by atoms with Crippen molar-refractivity contribution in [2.45, 2.75) is 25.6 Å². The molecule has 2 N–H and O–H groups in total. The van der Waals surface area contributed by atoms with E-state index in [9.17, 15) is 18.0 Å². The summed E-state index contributed by atoms with van der Waals surface area (Å²) in [6, 6.07) is 0. The lowest BCUT2D eigenvalue weighted by molar-refractivity contribution is -0.223. The third kappa shape index (κ3) is 2.69. The van der Waals surface area contributed by atoms with E-state index in [1.54, 1.807) is 0 Å². The number of carboxylic acid groups (broad SMARTS) is 1. The molecule has 0 rings (SSSR count). The minimum Gasteiger partial charge on any atom is -0.481 e. The van der Waals surface area contributed by atoms with E-state index in [0.29, 0.717) is 0 Å². The van der Waals surface area contributed by atoms with Gasteiger partial charge in [-0.2, -0.15) is 13.2 Å². The maximum atomic E-state index is 11.7. The molecule has 0 aliphatic heterocycles. The van der Waals surface area contributed by atoms with E-state index >= 15 is 0 Å². The summed E-state index contributed by atoms with van der Waals surface area (Å²) in [7, 11) is 0. The first kappa shape index (κ1) is 11.2. The molecule has 0 unspecified atom stereocenters. The average Bonchev–Trinajstić information content (AvgIpc) is 1.86. The number of halogens is 3. The van der Waals surface area contributed by atoms with E-state index in [2.05, 4.69) is 0 Å². The Labute approximate surface area is 66.8 Å². The Morgan fingerprint density at radius 1 is 1.50 bits per heavy atom. The van der Waals surface area contributed by atoms with E-state index < -0.39 is 24.2 Å². The predicted molar refractivity (Wildman–Crippen MR) is 33.5 cm³/mol. The van der Waals surface area contributed by atoms with Gasteiger partial charge in [-0.25, -0.2) is 0 Å². The molecule has 0 saturated carbocycles. The molecule has 12 heavy (non-hydrogen) atoms. The van der Waals surface area contributed by atoms with Crippen molar-refractivity contribution >= 4 is 5.97 Å². The van der Waals surface area contributed by atoms with Gasteiger partial charge in [0.05, 0.1) is 5.92 Å². The van der Waals surface area contributed by atoms with Gasteiger partial charge in [0.2, 0.25) is 0 Å². The van der Waals surface area contributed by atoms with Crippen molar-refractivity contribution in [1.29, 1.82) is 0 Å². The Kier molecular flexibility index (Phi) is 3.51. The van der Waals surface area contributed by atoms with Gasteiger partial charge in [-0.15, -0.1) is 0 Å². The Bertz CT molecular complexity index is 166. The first-order valence-corrected chi connectivity index (χ1v) is 3.28. The van der Waals surface area contributed by atoms with Gasteiger partial charge < -0.3 is 10.2 Å². The third-order valence-electron chi connectivity index (χ3n) is 1.47. The van der Waals surface area contributed by atoms with Crippen molar-refractivity contribution in [1.82, 2.24) is 0 Å². The molecule has 0 spiro atoms. The Hall–Kier alpha value is -0.780. The molecule has 6 heteroatoms. The zero-order valence-electron chi connectivity index (χ0n) is 6.30. The second-order valence-electron chi connectivity index (χ2n) is 2.34. The summed E-state index contributed by atoms with van der Waals surface area (Å²) in [5.41, 5.74) is 0. The highest BCUT2D eigenvalue weighted by Crippen LogP contribution is 2.27. The molecule has 0 aromatic rings. The fraction of sp³-hybridized carbons (Fsp3) is 0.833. The van der Waals surface area contributed by atoms with Gasteiger partial charge >= 0.3 is 12.1 Å². The number of alkyl halides is 3. The highest BCUT2D eigenvalue weighted by Gasteiger charge is 2.45. The van der Waals surface area contributed by atoms with E-state index in [1.165, 1.54) is 6.92 Å². The smallest absolute Gasteiger partial charge is 0.415 e. The molecule has 0 saturated heterocycles. The normalized spacial score (nSPS) is 17.1. The van der Waals surface area contributed by atoms with Gasteiger partial charge in [-0.1, -0.05) is 6.92 Å². The molecule has 0 bridgehead atoms. The summed E-state index contributed by atoms with van der Waals surface area (Å²) < 4.78 is 35.2. The van der Waals surface area contributed by atoms with Crippen molar-refractivity contribution in [2.75, 3.05) is 0 Å². The van der Waals surface area contributed by atoms with Gasteiger partial charge in [-0.05, 0) is 6.42 Å². The van der Waals surface area contributed by atoms with Crippen LogP contribution in [-0.2, 0) is 4.79 Å². The van der Waals surface area contributed by atoms with Gasteiger partial charge in [0, 0.05) is 0 Å². The number of aliphatic carboxylic acids is 1. The standard InChI is InChI=1S/C6H9F3O3/c1-2-3(5(11)12)4(10)6(7,8)9/h3-4,10H,2H2,1H3,(H,11,12)/t3-,4+/m0/s1. The van der Waals surface area contributed by atoms with E-state index in [0.717, 1.165) is 0 Å². The van der Waals surface area contributed by atoms with Crippen molar-refractivity contribution in [3.63, 3.8) is 0 Å². The summed E-state index contributed by atoms with van der Waals surface area (Å²) in [6.07, 6.45) is -7.89. The Balaban J connectivity index is 4.42. The van der Waals surface area contributed by atoms with Crippen LogP contribution in [0.5, 0.6) is 0 Å². The molecule has 0 heterocycles. The quantitative estimate of drug-likeness (QED) is 0.691. The minimum absolute atomic E-state index is 0.254. The monoisotopic (exact) mass is 186 g/mol. The molecular weight excluding hydrogens is 177 g/mol. The minimum atomic E-state index is -4.86. The van der Waals surface area contributed by atoms with E-state index in [4.69, 9.17) is 10.2 Å². The third-order valence-corrected chi connectivity index (χ3v) is 1.47. The maximum Gasteiger partial charge on any atom is 0.415 e.